The second-order valence-corrected chi connectivity index (χ2v) is 6.07. The maximum absolute atomic E-state index is 12.6. The number of hydrogen-bond acceptors (Lipinski definition) is 9. The molecule has 0 saturated heterocycles. The van der Waals surface area contributed by atoms with Crippen LogP contribution in [0.1, 0.15) is 15.4 Å². The summed E-state index contributed by atoms with van der Waals surface area (Å²) in [5.41, 5.74) is 1.12. The molecule has 10 nitrogen and oxygen atoms in total. The Morgan fingerprint density at radius 1 is 1.19 bits per heavy atom. The van der Waals surface area contributed by atoms with Crippen molar-refractivity contribution in [2.24, 2.45) is 0 Å². The number of amides is 1. The number of hydrogen-bond donors (Lipinski definition) is 1. The van der Waals surface area contributed by atoms with Crippen molar-refractivity contribution in [3.63, 3.8) is 0 Å². The molecule has 0 aromatic carbocycles. The molecule has 0 atom stereocenters. The maximum Gasteiger partial charge on any atom is 0.277 e. The molecule has 0 unspecified atom stereocenters. The predicted octanol–water partition coefficient (Wildman–Crippen LogP) is 1.70. The van der Waals surface area contributed by atoms with E-state index in [1.807, 2.05) is 0 Å². The predicted molar refractivity (Wildman–Crippen MR) is 95.0 cm³/mol. The number of rotatable bonds is 4. The highest BCUT2D eigenvalue weighted by atomic mass is 32.1. The lowest BCUT2D eigenvalue weighted by atomic mass is 10.2. The first-order chi connectivity index (χ1) is 13.3. The van der Waals surface area contributed by atoms with Gasteiger partial charge in [0.2, 0.25) is 0 Å². The summed E-state index contributed by atoms with van der Waals surface area (Å²) < 4.78 is 1.26. The van der Waals surface area contributed by atoms with Crippen molar-refractivity contribution < 1.29 is 4.79 Å². The van der Waals surface area contributed by atoms with Gasteiger partial charge in [0.1, 0.15) is 16.6 Å². The molecule has 4 aromatic heterocycles. The van der Waals surface area contributed by atoms with Gasteiger partial charge in [-0.15, -0.1) is 5.10 Å². The molecule has 1 amide bonds. The van der Waals surface area contributed by atoms with Crippen LogP contribution in [0.5, 0.6) is 0 Å². The zero-order valence-corrected chi connectivity index (χ0v) is 14.3. The minimum Gasteiger partial charge on any atom is -0.296 e. The van der Waals surface area contributed by atoms with Crippen LogP contribution < -0.4 is 5.32 Å². The molecule has 11 heteroatoms. The number of nitrogens with one attached hydrogen (secondary N) is 1. The molecule has 0 aliphatic heterocycles. The summed E-state index contributed by atoms with van der Waals surface area (Å²) in [6.45, 7) is 0. The van der Waals surface area contributed by atoms with Crippen molar-refractivity contribution in [3.8, 4) is 23.3 Å². The van der Waals surface area contributed by atoms with Gasteiger partial charge in [-0.1, -0.05) is 22.6 Å². The van der Waals surface area contributed by atoms with Crippen LogP contribution in [0.3, 0.4) is 0 Å². The van der Waals surface area contributed by atoms with E-state index in [9.17, 15) is 10.1 Å². The summed E-state index contributed by atoms with van der Waals surface area (Å²) in [5.74, 6) is -0.136. The van der Waals surface area contributed by atoms with Crippen LogP contribution in [0.2, 0.25) is 0 Å². The zero-order valence-electron chi connectivity index (χ0n) is 13.5. The van der Waals surface area contributed by atoms with Gasteiger partial charge in [0.05, 0.1) is 18.1 Å². The number of thiazole rings is 1. The minimum absolute atomic E-state index is 0.156. The Morgan fingerprint density at radius 2 is 2.11 bits per heavy atom. The van der Waals surface area contributed by atoms with E-state index in [4.69, 9.17) is 0 Å². The van der Waals surface area contributed by atoms with E-state index in [0.29, 0.717) is 22.1 Å². The standard InChI is InChI=1S/C16H9N9OS/c17-7-12-14(10-3-1-2-4-19-10)22-16(27-12)23-15(26)11-8-21-24-25(11)13-9-18-5-6-20-13/h1-6,8-9H,(H,22,23,26). The molecule has 0 saturated carbocycles. The van der Waals surface area contributed by atoms with Crippen molar-refractivity contribution in [2.45, 2.75) is 0 Å². The topological polar surface area (TPSA) is 135 Å². The Hall–Kier alpha value is -4.04. The lowest BCUT2D eigenvalue weighted by Crippen LogP contribution is -2.17. The molecular formula is C16H9N9OS. The molecule has 27 heavy (non-hydrogen) atoms. The van der Waals surface area contributed by atoms with Crippen LogP contribution in [-0.2, 0) is 0 Å². The third-order valence-corrected chi connectivity index (χ3v) is 4.28. The number of nitrogens with zero attached hydrogens (tertiary/aromatic N) is 8. The van der Waals surface area contributed by atoms with E-state index in [1.54, 1.807) is 24.4 Å². The Balaban J connectivity index is 1.63. The summed E-state index contributed by atoms with van der Waals surface area (Å²) in [5, 5.41) is 19.9. The Morgan fingerprint density at radius 3 is 2.85 bits per heavy atom. The van der Waals surface area contributed by atoms with E-state index in [2.05, 4.69) is 41.6 Å². The summed E-state index contributed by atoms with van der Waals surface area (Å²) in [6, 6.07) is 7.39. The molecule has 4 aromatic rings. The van der Waals surface area contributed by atoms with Crippen LogP contribution in [0.4, 0.5) is 5.13 Å². The van der Waals surface area contributed by atoms with Gasteiger partial charge in [0, 0.05) is 18.6 Å². The molecular weight excluding hydrogens is 366 g/mol. The third-order valence-electron chi connectivity index (χ3n) is 3.41. The largest absolute Gasteiger partial charge is 0.296 e. The van der Waals surface area contributed by atoms with Gasteiger partial charge in [-0.05, 0) is 12.1 Å². The molecule has 130 valence electrons. The first-order valence-corrected chi connectivity index (χ1v) is 8.38. The lowest BCUT2D eigenvalue weighted by molar-refractivity contribution is 0.101. The van der Waals surface area contributed by atoms with E-state index < -0.39 is 5.91 Å². The van der Waals surface area contributed by atoms with Crippen molar-refractivity contribution in [2.75, 3.05) is 5.32 Å². The number of nitriles is 1. The van der Waals surface area contributed by atoms with Crippen molar-refractivity contribution in [3.05, 3.63) is 59.8 Å². The summed E-state index contributed by atoms with van der Waals surface area (Å²) >= 11 is 1.06. The van der Waals surface area contributed by atoms with E-state index in [1.165, 1.54) is 29.5 Å². The molecule has 4 rings (SSSR count). The number of pyridine rings is 1. The van der Waals surface area contributed by atoms with Crippen LogP contribution >= 0.6 is 11.3 Å². The van der Waals surface area contributed by atoms with Gasteiger partial charge >= 0.3 is 0 Å². The van der Waals surface area contributed by atoms with Crippen molar-refractivity contribution in [1.82, 2.24) is 34.9 Å². The maximum atomic E-state index is 12.6. The lowest BCUT2D eigenvalue weighted by Gasteiger charge is -2.04. The molecule has 0 aliphatic rings. The number of anilines is 1. The molecule has 0 spiro atoms. The summed E-state index contributed by atoms with van der Waals surface area (Å²) in [6.07, 6.45) is 7.37. The monoisotopic (exact) mass is 375 g/mol. The van der Waals surface area contributed by atoms with Gasteiger partial charge in [-0.25, -0.2) is 9.97 Å². The Labute approximate surface area is 156 Å². The number of carbonyl (C=O) groups is 1. The second kappa shape index (κ2) is 7.06. The van der Waals surface area contributed by atoms with Crippen LogP contribution in [0, 0.1) is 11.3 Å². The molecule has 0 bridgehead atoms. The smallest absolute Gasteiger partial charge is 0.277 e. The average Bonchev–Trinajstić information content (AvgIpc) is 3.36. The number of carbonyl (C=O) groups excluding carboxylic acids is 1. The SMILES string of the molecule is N#Cc1sc(NC(=O)c2cnnn2-c2cnccn2)nc1-c1ccccn1. The van der Waals surface area contributed by atoms with Gasteiger partial charge in [-0.3, -0.25) is 20.1 Å². The average molecular weight is 375 g/mol. The summed E-state index contributed by atoms with van der Waals surface area (Å²) in [4.78, 5) is 29.5. The quantitative estimate of drug-likeness (QED) is 0.569. The van der Waals surface area contributed by atoms with Crippen molar-refractivity contribution in [1.29, 1.82) is 5.26 Å². The van der Waals surface area contributed by atoms with E-state index in [0.717, 1.165) is 11.3 Å². The van der Waals surface area contributed by atoms with Crippen LogP contribution in [0.15, 0.2) is 49.2 Å². The molecule has 0 radical (unpaired) electrons. The number of aromatic nitrogens is 7. The van der Waals surface area contributed by atoms with Crippen LogP contribution in [0.25, 0.3) is 17.2 Å². The molecule has 0 aliphatic carbocycles. The van der Waals surface area contributed by atoms with E-state index in [-0.39, 0.29) is 10.8 Å². The van der Waals surface area contributed by atoms with Crippen molar-refractivity contribution >= 4 is 22.4 Å². The second-order valence-electron chi connectivity index (χ2n) is 5.07. The van der Waals surface area contributed by atoms with Gasteiger partial charge < -0.3 is 0 Å². The van der Waals surface area contributed by atoms with Gasteiger partial charge in [-0.2, -0.15) is 9.94 Å². The zero-order chi connectivity index (χ0) is 18.6. The normalized spacial score (nSPS) is 10.3. The third kappa shape index (κ3) is 3.24. The first-order valence-electron chi connectivity index (χ1n) is 7.57. The Kier molecular flexibility index (Phi) is 4.30. The molecule has 1 N–H and O–H groups in total. The molecule has 0 fully saturated rings. The first kappa shape index (κ1) is 16.4. The van der Waals surface area contributed by atoms with Crippen LogP contribution in [-0.4, -0.2) is 40.8 Å². The fraction of sp³-hybridized carbons (Fsp3) is 0. The highest BCUT2D eigenvalue weighted by molar-refractivity contribution is 7.16. The summed E-state index contributed by atoms with van der Waals surface area (Å²) in [7, 11) is 0. The fourth-order valence-corrected chi connectivity index (χ4v) is 3.01. The highest BCUT2D eigenvalue weighted by Gasteiger charge is 2.19. The van der Waals surface area contributed by atoms with Gasteiger partial charge in [0.15, 0.2) is 16.6 Å². The Bertz CT molecular complexity index is 1130. The highest BCUT2D eigenvalue weighted by Crippen LogP contribution is 2.29. The van der Waals surface area contributed by atoms with Gasteiger partial charge in [0.25, 0.3) is 5.91 Å². The van der Waals surface area contributed by atoms with E-state index >= 15 is 0 Å². The fourth-order valence-electron chi connectivity index (χ4n) is 2.25. The molecule has 4 heterocycles. The minimum atomic E-state index is -0.489.